The number of nitrogens with two attached hydrogens (primary N) is 2. The second kappa shape index (κ2) is 7.40. The molecule has 0 aliphatic carbocycles. The summed E-state index contributed by atoms with van der Waals surface area (Å²) in [7, 11) is 4.53. The van der Waals surface area contributed by atoms with Crippen LogP contribution in [0.4, 0.5) is 11.6 Å². The molecule has 1 aliphatic heterocycles. The molecule has 2 aromatic carbocycles. The van der Waals surface area contributed by atoms with Gasteiger partial charge in [0.05, 0.1) is 38.1 Å². The first kappa shape index (κ1) is 18.7. The van der Waals surface area contributed by atoms with Crippen molar-refractivity contribution in [2.75, 3.05) is 39.3 Å². The van der Waals surface area contributed by atoms with Crippen LogP contribution >= 0.6 is 0 Å². The third kappa shape index (κ3) is 3.03. The molecule has 3 aromatic rings. The molecule has 0 bridgehead atoms. The Hall–Kier alpha value is -3.66. The Morgan fingerprint density at radius 2 is 1.72 bits per heavy atom. The van der Waals surface area contributed by atoms with E-state index in [1.54, 1.807) is 0 Å². The molecule has 0 fully saturated rings. The summed E-state index contributed by atoms with van der Waals surface area (Å²) in [5, 5.41) is 0.594. The maximum Gasteiger partial charge on any atom is 0.238 e. The molecule has 152 valence electrons. The SMILES string of the molecule is COc1c(OC)c(N)c2c(Cc3ccc4c(c3)OCO4)nc(NN)nc2c1OC. The van der Waals surface area contributed by atoms with E-state index in [4.69, 9.17) is 35.3 Å². The van der Waals surface area contributed by atoms with Crippen LogP contribution in [-0.2, 0) is 6.42 Å². The number of hydrazine groups is 1. The number of hydrogen-bond donors (Lipinski definition) is 3. The van der Waals surface area contributed by atoms with E-state index in [0.29, 0.717) is 57.5 Å². The minimum absolute atomic E-state index is 0.206. The van der Waals surface area contributed by atoms with Gasteiger partial charge < -0.3 is 29.4 Å². The minimum Gasteiger partial charge on any atom is -0.491 e. The summed E-state index contributed by atoms with van der Waals surface area (Å²) >= 11 is 0. The summed E-state index contributed by atoms with van der Waals surface area (Å²) in [6.45, 7) is 0.206. The van der Waals surface area contributed by atoms with Crippen molar-refractivity contribution < 1.29 is 23.7 Å². The van der Waals surface area contributed by atoms with Crippen molar-refractivity contribution in [1.29, 1.82) is 0 Å². The van der Waals surface area contributed by atoms with Crippen LogP contribution in [0.25, 0.3) is 10.9 Å². The number of nitrogen functional groups attached to an aromatic ring is 2. The lowest BCUT2D eigenvalue weighted by Crippen LogP contribution is -2.13. The van der Waals surface area contributed by atoms with E-state index in [0.717, 1.165) is 5.56 Å². The summed E-state index contributed by atoms with van der Waals surface area (Å²) in [5.41, 5.74) is 11.3. The number of rotatable bonds is 6. The Kier molecular flexibility index (Phi) is 4.77. The third-order valence-corrected chi connectivity index (χ3v) is 4.68. The quantitative estimate of drug-likeness (QED) is 0.320. The van der Waals surface area contributed by atoms with Crippen molar-refractivity contribution in [1.82, 2.24) is 9.97 Å². The highest BCUT2D eigenvalue weighted by atomic mass is 16.7. The van der Waals surface area contributed by atoms with Crippen molar-refractivity contribution in [3.8, 4) is 28.7 Å². The van der Waals surface area contributed by atoms with Crippen molar-refractivity contribution >= 4 is 22.5 Å². The zero-order valence-corrected chi connectivity index (χ0v) is 16.2. The van der Waals surface area contributed by atoms with Gasteiger partial charge in [-0.25, -0.2) is 15.8 Å². The fourth-order valence-corrected chi connectivity index (χ4v) is 3.42. The molecule has 0 saturated heterocycles. The fourth-order valence-electron chi connectivity index (χ4n) is 3.42. The van der Waals surface area contributed by atoms with Crippen LogP contribution in [0.5, 0.6) is 28.7 Å². The summed E-state index contributed by atoms with van der Waals surface area (Å²) in [6, 6.07) is 5.70. The largest absolute Gasteiger partial charge is 0.491 e. The first-order chi connectivity index (χ1) is 14.1. The highest BCUT2D eigenvalue weighted by Crippen LogP contribution is 2.48. The van der Waals surface area contributed by atoms with Gasteiger partial charge in [0, 0.05) is 6.42 Å². The molecule has 2 heterocycles. The van der Waals surface area contributed by atoms with Crippen molar-refractivity contribution in [3.63, 3.8) is 0 Å². The number of anilines is 2. The molecule has 0 spiro atoms. The highest BCUT2D eigenvalue weighted by Gasteiger charge is 2.25. The molecule has 0 amide bonds. The second-order valence-electron chi connectivity index (χ2n) is 6.24. The number of benzene rings is 2. The van der Waals surface area contributed by atoms with E-state index in [9.17, 15) is 0 Å². The smallest absolute Gasteiger partial charge is 0.238 e. The third-order valence-electron chi connectivity index (χ3n) is 4.68. The lowest BCUT2D eigenvalue weighted by atomic mass is 10.0. The molecule has 1 aromatic heterocycles. The Morgan fingerprint density at radius 3 is 2.41 bits per heavy atom. The van der Waals surface area contributed by atoms with E-state index in [2.05, 4.69) is 15.4 Å². The van der Waals surface area contributed by atoms with Crippen LogP contribution in [0, 0.1) is 0 Å². The van der Waals surface area contributed by atoms with Gasteiger partial charge in [-0.1, -0.05) is 6.07 Å². The zero-order chi connectivity index (χ0) is 20.5. The monoisotopic (exact) mass is 399 g/mol. The van der Waals surface area contributed by atoms with E-state index >= 15 is 0 Å². The molecule has 4 rings (SSSR count). The van der Waals surface area contributed by atoms with Gasteiger partial charge >= 0.3 is 0 Å². The standard InChI is InChI=1S/C19H21N5O5/c1-25-16-14(20)13-10(6-9-4-5-11-12(7-9)29-8-28-11)22-19(24-21)23-15(13)17(26-2)18(16)27-3/h4-5,7H,6,8,20-21H2,1-3H3,(H,22,23,24). The topological polar surface area (TPSA) is 136 Å². The van der Waals surface area contributed by atoms with Crippen molar-refractivity contribution in [2.24, 2.45) is 5.84 Å². The maximum atomic E-state index is 6.43. The van der Waals surface area contributed by atoms with Crippen molar-refractivity contribution in [3.05, 3.63) is 29.5 Å². The molecular weight excluding hydrogens is 378 g/mol. The molecule has 0 unspecified atom stereocenters. The molecule has 10 heteroatoms. The van der Waals surface area contributed by atoms with Crippen LogP contribution in [0.15, 0.2) is 18.2 Å². The first-order valence-electron chi connectivity index (χ1n) is 8.74. The van der Waals surface area contributed by atoms with Gasteiger partial charge in [-0.15, -0.1) is 0 Å². The van der Waals surface area contributed by atoms with Crippen LogP contribution in [0.2, 0.25) is 0 Å². The summed E-state index contributed by atoms with van der Waals surface area (Å²) in [5.74, 6) is 8.27. The number of methoxy groups -OCH3 is 3. The van der Waals surface area contributed by atoms with Crippen LogP contribution < -0.4 is 40.7 Å². The number of hydrogen-bond acceptors (Lipinski definition) is 10. The number of fused-ring (bicyclic) bond motifs is 2. The molecular formula is C19H21N5O5. The van der Waals surface area contributed by atoms with Gasteiger partial charge in [0.1, 0.15) is 5.52 Å². The number of aromatic nitrogens is 2. The van der Waals surface area contributed by atoms with E-state index in [1.807, 2.05) is 18.2 Å². The van der Waals surface area contributed by atoms with E-state index < -0.39 is 0 Å². The van der Waals surface area contributed by atoms with E-state index in [1.165, 1.54) is 21.3 Å². The highest BCUT2D eigenvalue weighted by molar-refractivity contribution is 6.02. The number of nitrogens with one attached hydrogen (secondary N) is 1. The molecule has 10 nitrogen and oxygen atoms in total. The van der Waals surface area contributed by atoms with E-state index in [-0.39, 0.29) is 12.7 Å². The molecule has 5 N–H and O–H groups in total. The zero-order valence-electron chi connectivity index (χ0n) is 16.2. The fraction of sp³-hybridized carbons (Fsp3) is 0.263. The average molecular weight is 399 g/mol. The molecule has 29 heavy (non-hydrogen) atoms. The minimum atomic E-state index is 0.206. The molecule has 0 atom stereocenters. The Morgan fingerprint density at radius 1 is 1.00 bits per heavy atom. The molecule has 0 saturated carbocycles. The lowest BCUT2D eigenvalue weighted by molar-refractivity contribution is 0.174. The van der Waals surface area contributed by atoms with Crippen LogP contribution in [-0.4, -0.2) is 38.1 Å². The Balaban J connectivity index is 1.95. The lowest BCUT2D eigenvalue weighted by Gasteiger charge is -2.19. The van der Waals surface area contributed by atoms with Crippen molar-refractivity contribution in [2.45, 2.75) is 6.42 Å². The van der Waals surface area contributed by atoms with Crippen LogP contribution in [0.3, 0.4) is 0 Å². The van der Waals surface area contributed by atoms with Gasteiger partial charge in [-0.2, -0.15) is 0 Å². The summed E-state index contributed by atoms with van der Waals surface area (Å²) < 4.78 is 27.3. The molecule has 1 aliphatic rings. The van der Waals surface area contributed by atoms with Gasteiger partial charge in [0.2, 0.25) is 18.5 Å². The molecule has 0 radical (unpaired) electrons. The Labute approximate surface area is 166 Å². The predicted molar refractivity (Wildman–Crippen MR) is 107 cm³/mol. The predicted octanol–water partition coefficient (Wildman–Crippen LogP) is 1.84. The van der Waals surface area contributed by atoms with Gasteiger partial charge in [0.15, 0.2) is 23.0 Å². The van der Waals surface area contributed by atoms with Gasteiger partial charge in [-0.3, -0.25) is 5.43 Å². The normalized spacial score (nSPS) is 12.1. The van der Waals surface area contributed by atoms with Gasteiger partial charge in [0.25, 0.3) is 0 Å². The van der Waals surface area contributed by atoms with Crippen LogP contribution in [0.1, 0.15) is 11.3 Å². The number of nitrogens with zero attached hydrogens (tertiary/aromatic N) is 2. The maximum absolute atomic E-state index is 6.43. The summed E-state index contributed by atoms with van der Waals surface area (Å²) in [4.78, 5) is 8.96. The first-order valence-corrected chi connectivity index (χ1v) is 8.74. The average Bonchev–Trinajstić information content (AvgIpc) is 3.20. The summed E-state index contributed by atoms with van der Waals surface area (Å²) in [6.07, 6.45) is 0.438. The van der Waals surface area contributed by atoms with Gasteiger partial charge in [-0.05, 0) is 17.7 Å². The number of ether oxygens (including phenoxy) is 5. The Bertz CT molecular complexity index is 1090. The second-order valence-corrected chi connectivity index (χ2v) is 6.24.